The van der Waals surface area contributed by atoms with Gasteiger partial charge in [-0.3, -0.25) is 5.10 Å². The molecule has 2 aromatic rings. The molecule has 1 atom stereocenters. The summed E-state index contributed by atoms with van der Waals surface area (Å²) < 4.78 is 5.28. The minimum absolute atomic E-state index is 0.337. The van der Waals surface area contributed by atoms with Crippen molar-refractivity contribution in [2.75, 3.05) is 13.2 Å². The molecule has 1 aromatic heterocycles. The van der Waals surface area contributed by atoms with E-state index in [1.54, 1.807) is 6.20 Å². The SMILES string of the molecule is Clc1cc2cn[nH]c2cc1C#CC1CCOC1. The summed E-state index contributed by atoms with van der Waals surface area (Å²) in [7, 11) is 0. The summed E-state index contributed by atoms with van der Waals surface area (Å²) in [4.78, 5) is 0. The zero-order chi connectivity index (χ0) is 11.7. The minimum Gasteiger partial charge on any atom is -0.380 e. The van der Waals surface area contributed by atoms with Crippen molar-refractivity contribution < 1.29 is 4.74 Å². The fourth-order valence-electron chi connectivity index (χ4n) is 1.89. The molecule has 1 N–H and O–H groups in total. The Kier molecular flexibility index (Phi) is 2.76. The van der Waals surface area contributed by atoms with E-state index in [-0.39, 0.29) is 0 Å². The summed E-state index contributed by atoms with van der Waals surface area (Å²) >= 11 is 6.17. The van der Waals surface area contributed by atoms with Gasteiger partial charge in [0.25, 0.3) is 0 Å². The van der Waals surface area contributed by atoms with E-state index in [0.717, 1.165) is 36.1 Å². The molecule has 1 aromatic carbocycles. The average Bonchev–Trinajstić information content (AvgIpc) is 2.95. The Labute approximate surface area is 104 Å². The number of rotatable bonds is 0. The summed E-state index contributed by atoms with van der Waals surface area (Å²) in [5.74, 6) is 6.67. The third-order valence-corrected chi connectivity index (χ3v) is 3.18. The molecule has 0 spiro atoms. The van der Waals surface area contributed by atoms with Crippen LogP contribution in [0.4, 0.5) is 0 Å². The van der Waals surface area contributed by atoms with Crippen LogP contribution in [0, 0.1) is 17.8 Å². The first-order valence-corrected chi connectivity index (χ1v) is 5.92. The monoisotopic (exact) mass is 246 g/mol. The number of aromatic amines is 1. The maximum atomic E-state index is 6.17. The lowest BCUT2D eigenvalue weighted by atomic mass is 10.1. The highest BCUT2D eigenvalue weighted by Crippen LogP contribution is 2.22. The van der Waals surface area contributed by atoms with Crippen LogP contribution < -0.4 is 0 Å². The van der Waals surface area contributed by atoms with Crippen LogP contribution in [-0.4, -0.2) is 23.4 Å². The zero-order valence-corrected chi connectivity index (χ0v) is 9.92. The molecule has 1 aliphatic heterocycles. The standard InChI is InChI=1S/C13H11ClN2O/c14-12-5-11-7-15-16-13(11)6-10(12)2-1-9-3-4-17-8-9/h5-7,9H,3-4,8H2,(H,15,16). The van der Waals surface area contributed by atoms with Crippen molar-refractivity contribution in [2.45, 2.75) is 6.42 Å². The Morgan fingerprint density at radius 3 is 3.24 bits per heavy atom. The summed E-state index contributed by atoms with van der Waals surface area (Å²) in [6, 6.07) is 3.82. The summed E-state index contributed by atoms with van der Waals surface area (Å²) in [5.41, 5.74) is 1.80. The van der Waals surface area contributed by atoms with Gasteiger partial charge in [0, 0.05) is 23.5 Å². The van der Waals surface area contributed by atoms with Crippen molar-refractivity contribution in [2.24, 2.45) is 5.92 Å². The van der Waals surface area contributed by atoms with Gasteiger partial charge in [0.05, 0.1) is 23.3 Å². The van der Waals surface area contributed by atoms with Crippen molar-refractivity contribution in [1.29, 1.82) is 0 Å². The molecular weight excluding hydrogens is 236 g/mol. The van der Waals surface area contributed by atoms with Gasteiger partial charge < -0.3 is 4.74 Å². The number of nitrogens with one attached hydrogen (secondary N) is 1. The number of aromatic nitrogens is 2. The normalized spacial score (nSPS) is 19.2. The number of hydrogen-bond donors (Lipinski definition) is 1. The van der Waals surface area contributed by atoms with Gasteiger partial charge in [-0.15, -0.1) is 0 Å². The Bertz CT molecular complexity index is 603. The van der Waals surface area contributed by atoms with Crippen LogP contribution in [0.2, 0.25) is 5.02 Å². The van der Waals surface area contributed by atoms with Crippen molar-refractivity contribution in [3.8, 4) is 11.8 Å². The molecule has 0 radical (unpaired) electrons. The lowest BCUT2D eigenvalue weighted by Crippen LogP contribution is -1.94. The van der Waals surface area contributed by atoms with E-state index in [4.69, 9.17) is 16.3 Å². The number of nitrogens with zero attached hydrogens (tertiary/aromatic N) is 1. The van der Waals surface area contributed by atoms with Gasteiger partial charge in [-0.1, -0.05) is 23.4 Å². The predicted octanol–water partition coefficient (Wildman–Crippen LogP) is 2.60. The number of ether oxygens (including phenoxy) is 1. The largest absolute Gasteiger partial charge is 0.380 e. The van der Waals surface area contributed by atoms with E-state index in [9.17, 15) is 0 Å². The third-order valence-electron chi connectivity index (χ3n) is 2.87. The zero-order valence-electron chi connectivity index (χ0n) is 9.16. The van der Waals surface area contributed by atoms with Crippen molar-refractivity contribution in [3.63, 3.8) is 0 Å². The van der Waals surface area contributed by atoms with Gasteiger partial charge in [-0.25, -0.2) is 0 Å². The Morgan fingerprint density at radius 1 is 1.47 bits per heavy atom. The maximum absolute atomic E-state index is 6.17. The maximum Gasteiger partial charge on any atom is 0.0663 e. The van der Waals surface area contributed by atoms with Gasteiger partial charge in [0.2, 0.25) is 0 Å². The number of halogens is 1. The minimum atomic E-state index is 0.337. The van der Waals surface area contributed by atoms with Crippen LogP contribution in [0.3, 0.4) is 0 Å². The number of benzene rings is 1. The van der Waals surface area contributed by atoms with Crippen LogP contribution in [0.25, 0.3) is 10.9 Å². The van der Waals surface area contributed by atoms with E-state index in [1.165, 1.54) is 0 Å². The van der Waals surface area contributed by atoms with Crippen LogP contribution >= 0.6 is 11.6 Å². The van der Waals surface area contributed by atoms with Gasteiger partial charge >= 0.3 is 0 Å². The molecule has 2 heterocycles. The quantitative estimate of drug-likeness (QED) is 0.726. The first-order valence-electron chi connectivity index (χ1n) is 5.55. The second-order valence-electron chi connectivity index (χ2n) is 4.12. The van der Waals surface area contributed by atoms with Crippen LogP contribution in [0.1, 0.15) is 12.0 Å². The molecular formula is C13H11ClN2O. The molecule has 1 saturated heterocycles. The molecule has 3 nitrogen and oxygen atoms in total. The fraction of sp³-hybridized carbons (Fsp3) is 0.308. The van der Waals surface area contributed by atoms with E-state index in [0.29, 0.717) is 10.9 Å². The molecule has 1 aliphatic rings. The predicted molar refractivity (Wildman–Crippen MR) is 66.9 cm³/mol. The highest BCUT2D eigenvalue weighted by atomic mass is 35.5. The van der Waals surface area contributed by atoms with E-state index in [2.05, 4.69) is 22.0 Å². The fourth-order valence-corrected chi connectivity index (χ4v) is 2.11. The first kappa shape index (κ1) is 10.6. The molecule has 4 heteroatoms. The number of H-pyrrole nitrogens is 1. The Balaban J connectivity index is 1.95. The third kappa shape index (κ3) is 2.14. The molecule has 3 rings (SSSR count). The van der Waals surface area contributed by atoms with Crippen LogP contribution in [0.5, 0.6) is 0 Å². The first-order chi connectivity index (χ1) is 8.33. The van der Waals surface area contributed by atoms with Gasteiger partial charge in [0.15, 0.2) is 0 Å². The van der Waals surface area contributed by atoms with Crippen molar-refractivity contribution in [3.05, 3.63) is 28.9 Å². The Morgan fingerprint density at radius 2 is 2.41 bits per heavy atom. The van der Waals surface area contributed by atoms with Crippen LogP contribution in [-0.2, 0) is 4.74 Å². The molecule has 1 unspecified atom stereocenters. The van der Waals surface area contributed by atoms with Gasteiger partial charge in [0.1, 0.15) is 0 Å². The smallest absolute Gasteiger partial charge is 0.0663 e. The van der Waals surface area contributed by atoms with E-state index < -0.39 is 0 Å². The van der Waals surface area contributed by atoms with Crippen molar-refractivity contribution >= 4 is 22.5 Å². The highest BCUT2D eigenvalue weighted by Gasteiger charge is 2.12. The average molecular weight is 247 g/mol. The molecule has 17 heavy (non-hydrogen) atoms. The topological polar surface area (TPSA) is 37.9 Å². The molecule has 0 bridgehead atoms. The van der Waals surface area contributed by atoms with Gasteiger partial charge in [-0.2, -0.15) is 5.10 Å². The van der Waals surface area contributed by atoms with E-state index >= 15 is 0 Å². The molecule has 0 aliphatic carbocycles. The summed E-state index contributed by atoms with van der Waals surface area (Å²) in [6.07, 6.45) is 2.76. The molecule has 0 saturated carbocycles. The molecule has 0 amide bonds. The lowest BCUT2D eigenvalue weighted by Gasteiger charge is -1.97. The molecule has 1 fully saturated rings. The second-order valence-corrected chi connectivity index (χ2v) is 4.53. The second kappa shape index (κ2) is 4.40. The van der Waals surface area contributed by atoms with E-state index in [1.807, 2.05) is 12.1 Å². The number of hydrogen-bond acceptors (Lipinski definition) is 2. The summed E-state index contributed by atoms with van der Waals surface area (Å²) in [5, 5.41) is 8.56. The lowest BCUT2D eigenvalue weighted by molar-refractivity contribution is 0.192. The summed E-state index contributed by atoms with van der Waals surface area (Å²) in [6.45, 7) is 1.55. The Hall–Kier alpha value is -1.50. The van der Waals surface area contributed by atoms with Crippen LogP contribution in [0.15, 0.2) is 18.3 Å². The molecule has 86 valence electrons. The van der Waals surface area contributed by atoms with Crippen molar-refractivity contribution in [1.82, 2.24) is 10.2 Å². The van der Waals surface area contributed by atoms with Gasteiger partial charge in [-0.05, 0) is 18.6 Å². The highest BCUT2D eigenvalue weighted by molar-refractivity contribution is 6.32. The number of fused-ring (bicyclic) bond motifs is 1.